The molecule has 1 unspecified atom stereocenters. The summed E-state index contributed by atoms with van der Waals surface area (Å²) in [5.41, 5.74) is 9.11. The molecule has 0 radical (unpaired) electrons. The number of aryl methyl sites for hydroxylation is 2. The van der Waals surface area contributed by atoms with Crippen molar-refractivity contribution in [1.82, 2.24) is 9.55 Å². The van der Waals surface area contributed by atoms with Crippen molar-refractivity contribution in [3.8, 4) is 0 Å². The lowest BCUT2D eigenvalue weighted by Gasteiger charge is -2.14. The normalized spacial score (nSPS) is 12.4. The highest BCUT2D eigenvalue weighted by atomic mass is 16.1. The van der Waals surface area contributed by atoms with E-state index in [0.29, 0.717) is 6.54 Å². The highest BCUT2D eigenvalue weighted by molar-refractivity contribution is 5.24. The Bertz CT molecular complexity index is 602. The number of aromatic nitrogens is 2. The Morgan fingerprint density at radius 1 is 1.32 bits per heavy atom. The Labute approximate surface area is 112 Å². The number of benzene rings is 1. The van der Waals surface area contributed by atoms with Gasteiger partial charge in [0.05, 0.1) is 6.33 Å². The molecule has 1 heterocycles. The Hall–Kier alpha value is -1.94. The molecule has 0 saturated heterocycles. The van der Waals surface area contributed by atoms with Crippen LogP contribution in [0.4, 0.5) is 0 Å². The molecule has 1 aromatic carbocycles. The van der Waals surface area contributed by atoms with E-state index in [1.807, 2.05) is 12.1 Å². The zero-order valence-electron chi connectivity index (χ0n) is 11.3. The summed E-state index contributed by atoms with van der Waals surface area (Å²) in [5.74, 6) is 0. The van der Waals surface area contributed by atoms with Gasteiger partial charge in [0.25, 0.3) is 5.56 Å². The van der Waals surface area contributed by atoms with E-state index in [0.717, 1.165) is 17.7 Å². The van der Waals surface area contributed by atoms with Gasteiger partial charge < -0.3 is 5.73 Å². The van der Waals surface area contributed by atoms with Gasteiger partial charge in [0.1, 0.15) is 0 Å². The van der Waals surface area contributed by atoms with E-state index in [9.17, 15) is 4.79 Å². The molecule has 0 amide bonds. The molecule has 0 spiro atoms. The van der Waals surface area contributed by atoms with Crippen molar-refractivity contribution in [3.63, 3.8) is 0 Å². The second-order valence-corrected chi connectivity index (χ2v) is 4.72. The van der Waals surface area contributed by atoms with Gasteiger partial charge in [-0.3, -0.25) is 9.36 Å². The number of nitrogens with two attached hydrogens (primary N) is 1. The molecule has 2 aromatic rings. The van der Waals surface area contributed by atoms with Crippen molar-refractivity contribution in [3.05, 3.63) is 63.8 Å². The first kappa shape index (κ1) is 13.5. The predicted octanol–water partition coefficient (Wildman–Crippen LogP) is 1.81. The minimum atomic E-state index is -0.201. The van der Waals surface area contributed by atoms with Crippen LogP contribution in [0.2, 0.25) is 0 Å². The Morgan fingerprint density at radius 2 is 2.00 bits per heavy atom. The zero-order valence-corrected chi connectivity index (χ0v) is 11.3. The van der Waals surface area contributed by atoms with Crippen molar-refractivity contribution in [2.24, 2.45) is 5.73 Å². The maximum atomic E-state index is 11.8. The molecule has 0 saturated carbocycles. The van der Waals surface area contributed by atoms with Crippen molar-refractivity contribution in [2.75, 3.05) is 0 Å². The molecule has 4 nitrogen and oxygen atoms in total. The lowest BCUT2D eigenvalue weighted by molar-refractivity contribution is 0.552. The van der Waals surface area contributed by atoms with Crippen LogP contribution in [0.1, 0.15) is 29.8 Å². The lowest BCUT2D eigenvalue weighted by atomic mass is 10.0. The first-order chi connectivity index (χ1) is 9.10. The summed E-state index contributed by atoms with van der Waals surface area (Å²) in [6.07, 6.45) is 2.56. The SMILES string of the molecule is CCc1ccc(C(N)Cn2cnc(C)cc2=O)cc1. The second-order valence-electron chi connectivity index (χ2n) is 4.72. The van der Waals surface area contributed by atoms with Gasteiger partial charge in [-0.2, -0.15) is 0 Å². The van der Waals surface area contributed by atoms with E-state index >= 15 is 0 Å². The number of hydrogen-bond donors (Lipinski definition) is 1. The summed E-state index contributed by atoms with van der Waals surface area (Å²) < 4.78 is 1.55. The van der Waals surface area contributed by atoms with Gasteiger partial charge in [-0.05, 0) is 24.5 Å². The van der Waals surface area contributed by atoms with E-state index in [1.165, 1.54) is 11.6 Å². The largest absolute Gasteiger partial charge is 0.322 e. The van der Waals surface area contributed by atoms with Gasteiger partial charge in [0.2, 0.25) is 0 Å². The van der Waals surface area contributed by atoms with Crippen LogP contribution in [0, 0.1) is 6.92 Å². The summed E-state index contributed by atoms with van der Waals surface area (Å²) in [7, 11) is 0. The molecule has 0 aliphatic heterocycles. The van der Waals surface area contributed by atoms with Crippen molar-refractivity contribution >= 4 is 0 Å². The molecule has 2 N–H and O–H groups in total. The van der Waals surface area contributed by atoms with Crippen LogP contribution in [0.5, 0.6) is 0 Å². The maximum Gasteiger partial charge on any atom is 0.253 e. The molecule has 0 bridgehead atoms. The van der Waals surface area contributed by atoms with Gasteiger partial charge in [-0.15, -0.1) is 0 Å². The van der Waals surface area contributed by atoms with Crippen LogP contribution in [0.25, 0.3) is 0 Å². The van der Waals surface area contributed by atoms with E-state index in [2.05, 4.69) is 24.0 Å². The third kappa shape index (κ3) is 3.29. The molecule has 4 heteroatoms. The fraction of sp³-hybridized carbons (Fsp3) is 0.333. The van der Waals surface area contributed by atoms with Crippen LogP contribution >= 0.6 is 0 Å². The fourth-order valence-corrected chi connectivity index (χ4v) is 1.97. The summed E-state index contributed by atoms with van der Waals surface area (Å²) >= 11 is 0. The van der Waals surface area contributed by atoms with Crippen LogP contribution in [0.3, 0.4) is 0 Å². The van der Waals surface area contributed by atoms with E-state index < -0.39 is 0 Å². The molecule has 19 heavy (non-hydrogen) atoms. The Morgan fingerprint density at radius 3 is 2.58 bits per heavy atom. The number of hydrogen-bond acceptors (Lipinski definition) is 3. The molecule has 100 valence electrons. The quantitative estimate of drug-likeness (QED) is 0.908. The lowest BCUT2D eigenvalue weighted by Crippen LogP contribution is -2.26. The van der Waals surface area contributed by atoms with Gasteiger partial charge in [0, 0.05) is 24.3 Å². The Balaban J connectivity index is 2.15. The van der Waals surface area contributed by atoms with Crippen LogP contribution in [0.15, 0.2) is 41.5 Å². The minimum absolute atomic E-state index is 0.0619. The fourth-order valence-electron chi connectivity index (χ4n) is 1.97. The van der Waals surface area contributed by atoms with E-state index in [-0.39, 0.29) is 11.6 Å². The highest BCUT2D eigenvalue weighted by Crippen LogP contribution is 2.13. The predicted molar refractivity (Wildman–Crippen MR) is 76.0 cm³/mol. The molecule has 0 fully saturated rings. The molecular formula is C15H19N3O. The third-order valence-corrected chi connectivity index (χ3v) is 3.23. The monoisotopic (exact) mass is 257 g/mol. The maximum absolute atomic E-state index is 11.8. The van der Waals surface area contributed by atoms with Gasteiger partial charge in [-0.1, -0.05) is 31.2 Å². The van der Waals surface area contributed by atoms with Gasteiger partial charge in [0.15, 0.2) is 0 Å². The second kappa shape index (κ2) is 5.80. The minimum Gasteiger partial charge on any atom is -0.322 e. The summed E-state index contributed by atoms with van der Waals surface area (Å²) in [6.45, 7) is 4.36. The molecule has 0 aliphatic rings. The first-order valence-electron chi connectivity index (χ1n) is 6.47. The molecule has 1 aromatic heterocycles. The zero-order chi connectivity index (χ0) is 13.8. The van der Waals surface area contributed by atoms with E-state index in [1.54, 1.807) is 17.8 Å². The van der Waals surface area contributed by atoms with Crippen molar-refractivity contribution in [2.45, 2.75) is 32.9 Å². The van der Waals surface area contributed by atoms with Crippen LogP contribution in [-0.4, -0.2) is 9.55 Å². The van der Waals surface area contributed by atoms with E-state index in [4.69, 9.17) is 5.73 Å². The van der Waals surface area contributed by atoms with Crippen molar-refractivity contribution < 1.29 is 0 Å². The molecule has 0 aliphatic carbocycles. The third-order valence-electron chi connectivity index (χ3n) is 3.23. The van der Waals surface area contributed by atoms with Crippen LogP contribution < -0.4 is 11.3 Å². The summed E-state index contributed by atoms with van der Waals surface area (Å²) in [4.78, 5) is 15.9. The summed E-state index contributed by atoms with van der Waals surface area (Å²) in [5, 5.41) is 0. The highest BCUT2D eigenvalue weighted by Gasteiger charge is 2.08. The van der Waals surface area contributed by atoms with Gasteiger partial charge >= 0.3 is 0 Å². The number of rotatable bonds is 4. The number of nitrogens with zero attached hydrogens (tertiary/aromatic N) is 2. The van der Waals surface area contributed by atoms with Crippen LogP contribution in [-0.2, 0) is 13.0 Å². The summed E-state index contributed by atoms with van der Waals surface area (Å²) in [6, 6.07) is 9.52. The first-order valence-corrected chi connectivity index (χ1v) is 6.47. The molecule has 2 rings (SSSR count). The Kier molecular flexibility index (Phi) is 4.12. The molecular weight excluding hydrogens is 238 g/mol. The molecule has 1 atom stereocenters. The standard InChI is InChI=1S/C15H19N3O/c1-3-12-4-6-13(7-5-12)14(16)9-18-10-17-11(2)8-15(18)19/h4-8,10,14H,3,9,16H2,1-2H3. The topological polar surface area (TPSA) is 60.9 Å². The van der Waals surface area contributed by atoms with Crippen molar-refractivity contribution in [1.29, 1.82) is 0 Å². The smallest absolute Gasteiger partial charge is 0.253 e. The average Bonchev–Trinajstić information content (AvgIpc) is 2.42. The average molecular weight is 257 g/mol. The van der Waals surface area contributed by atoms with Gasteiger partial charge in [-0.25, -0.2) is 4.98 Å².